The molecular weight excluding hydrogens is 809 g/mol. The Bertz CT molecular complexity index is 3440. The highest BCUT2D eigenvalue weighted by Crippen LogP contribution is 2.40. The van der Waals surface area contributed by atoms with E-state index in [1.165, 1.54) is 11.1 Å². The van der Waals surface area contributed by atoms with Gasteiger partial charge in [0, 0.05) is 45.3 Å². The number of hydrogen-bond acceptors (Lipinski definition) is 6. The normalized spacial score (nSPS) is 11.2. The number of hydrogen-bond donors (Lipinski definition) is 1. The van der Waals surface area contributed by atoms with E-state index in [-0.39, 0.29) is 6.61 Å². The third-order valence-electron chi connectivity index (χ3n) is 12.2. The molecule has 0 unspecified atom stereocenters. The van der Waals surface area contributed by atoms with Gasteiger partial charge in [0.05, 0.1) is 6.61 Å². The minimum Gasteiger partial charge on any atom is -0.416 e. The number of aliphatic hydroxyl groups excluding tert-OH is 1. The van der Waals surface area contributed by atoms with Gasteiger partial charge < -0.3 is 19.3 Å². The molecule has 0 aliphatic carbocycles. The van der Waals surface area contributed by atoms with E-state index >= 15 is 0 Å². The van der Waals surface area contributed by atoms with Crippen molar-refractivity contribution in [3.8, 4) is 34.0 Å². The Balaban J connectivity index is 0.875. The average molecular weight is 853 g/mol. The second-order valence-electron chi connectivity index (χ2n) is 16.4. The summed E-state index contributed by atoms with van der Waals surface area (Å²) in [7, 11) is 0. The smallest absolute Gasteiger partial charge is 0.248 e. The highest BCUT2D eigenvalue weighted by molar-refractivity contribution is 5.98. The van der Waals surface area contributed by atoms with Crippen molar-refractivity contribution in [2.75, 3.05) is 9.80 Å². The predicted molar refractivity (Wildman–Crippen MR) is 270 cm³/mol. The van der Waals surface area contributed by atoms with Crippen molar-refractivity contribution in [1.29, 1.82) is 0 Å². The first-order valence-corrected chi connectivity index (χ1v) is 22.2. The molecule has 1 heterocycles. The van der Waals surface area contributed by atoms with Gasteiger partial charge in [-0.25, -0.2) is 0 Å². The molecule has 0 fully saturated rings. The van der Waals surface area contributed by atoms with Crippen molar-refractivity contribution in [3.05, 3.63) is 253 Å². The number of aliphatic hydroxyl groups is 1. The van der Waals surface area contributed by atoms with Gasteiger partial charge in [0.1, 0.15) is 0 Å². The molecule has 11 rings (SSSR count). The molecule has 0 aliphatic rings. The maximum Gasteiger partial charge on any atom is 0.248 e. The second kappa shape index (κ2) is 17.9. The van der Waals surface area contributed by atoms with Crippen LogP contribution in [0.25, 0.3) is 55.6 Å². The van der Waals surface area contributed by atoms with Crippen LogP contribution in [0.15, 0.2) is 241 Å². The summed E-state index contributed by atoms with van der Waals surface area (Å²) in [6.07, 6.45) is 0.742. The molecule has 11 aromatic rings. The van der Waals surface area contributed by atoms with Crippen LogP contribution in [0.2, 0.25) is 0 Å². The van der Waals surface area contributed by atoms with E-state index in [2.05, 4.69) is 196 Å². The molecule has 10 aromatic carbocycles. The largest absolute Gasteiger partial charge is 0.416 e. The molecule has 1 N–H and O–H groups in total. The first-order valence-electron chi connectivity index (χ1n) is 22.2. The maximum absolute atomic E-state index is 9.88. The number of benzene rings is 10. The van der Waals surface area contributed by atoms with Gasteiger partial charge >= 0.3 is 0 Å². The number of para-hydroxylation sites is 2. The molecular formula is C60H44N4O2. The van der Waals surface area contributed by atoms with Gasteiger partial charge in [-0.2, -0.15) is 0 Å². The maximum atomic E-state index is 9.88. The highest BCUT2D eigenvalue weighted by Gasteiger charge is 2.18. The lowest BCUT2D eigenvalue weighted by Crippen LogP contribution is -2.10. The van der Waals surface area contributed by atoms with Gasteiger partial charge in [0.15, 0.2) is 0 Å². The molecule has 0 atom stereocenters. The van der Waals surface area contributed by atoms with E-state index in [0.29, 0.717) is 11.8 Å². The molecule has 316 valence electrons. The van der Waals surface area contributed by atoms with Crippen molar-refractivity contribution in [1.82, 2.24) is 10.2 Å². The molecule has 0 saturated heterocycles. The van der Waals surface area contributed by atoms with E-state index in [9.17, 15) is 5.11 Å². The van der Waals surface area contributed by atoms with Gasteiger partial charge in [-0.05, 0) is 141 Å². The monoisotopic (exact) mass is 852 g/mol. The fourth-order valence-electron chi connectivity index (χ4n) is 9.04. The zero-order valence-electron chi connectivity index (χ0n) is 36.1. The van der Waals surface area contributed by atoms with Gasteiger partial charge in [-0.1, -0.05) is 152 Å². The first kappa shape index (κ1) is 40.2. The molecule has 0 amide bonds. The van der Waals surface area contributed by atoms with Crippen molar-refractivity contribution >= 4 is 55.7 Å². The number of aromatic nitrogens is 2. The predicted octanol–water partition coefficient (Wildman–Crippen LogP) is 15.4. The van der Waals surface area contributed by atoms with Crippen molar-refractivity contribution in [2.45, 2.75) is 13.0 Å². The zero-order chi connectivity index (χ0) is 44.2. The van der Waals surface area contributed by atoms with Crippen LogP contribution in [0.5, 0.6) is 0 Å². The fourth-order valence-corrected chi connectivity index (χ4v) is 9.04. The van der Waals surface area contributed by atoms with Crippen LogP contribution in [0, 0.1) is 0 Å². The summed E-state index contributed by atoms with van der Waals surface area (Å²) >= 11 is 0. The van der Waals surface area contributed by atoms with Gasteiger partial charge in [-0.3, -0.25) is 0 Å². The number of nitrogens with zero attached hydrogens (tertiary/aromatic N) is 4. The van der Waals surface area contributed by atoms with E-state index in [1.807, 2.05) is 60.7 Å². The molecule has 0 spiro atoms. The average Bonchev–Trinajstić information content (AvgIpc) is 3.88. The minimum absolute atomic E-state index is 0.00974. The van der Waals surface area contributed by atoms with Crippen molar-refractivity contribution < 1.29 is 9.52 Å². The molecule has 6 heteroatoms. The standard InChI is InChI=1S/C60H44N4O2/c65-41-43-15-10-24-53(40-43)64(49-21-5-2-6-22-49)51-36-32-45(33-37-51)44-30-34-50(35-31-44)63(48-19-3-1-4-20-48)52-23-9-14-42(39-52)38-47-18-12-27-56-55(47)26-13-29-58(56)60-62-61-59(66-60)57-28-11-17-46-16-7-8-25-54(46)57/h1-37,39-40,65H,38,41H2. The zero-order valence-corrected chi connectivity index (χ0v) is 36.1. The van der Waals surface area contributed by atoms with E-state index < -0.39 is 0 Å². The molecule has 0 radical (unpaired) electrons. The van der Waals surface area contributed by atoms with E-state index in [0.717, 1.165) is 89.9 Å². The van der Waals surface area contributed by atoms with Gasteiger partial charge in [-0.15, -0.1) is 10.2 Å². The Hall–Kier alpha value is -8.58. The first-order chi connectivity index (χ1) is 32.7. The lowest BCUT2D eigenvalue weighted by atomic mass is 9.95. The number of rotatable bonds is 12. The Morgan fingerprint density at radius 1 is 0.364 bits per heavy atom. The summed E-state index contributed by atoms with van der Waals surface area (Å²) in [6.45, 7) is -0.00974. The second-order valence-corrected chi connectivity index (χ2v) is 16.4. The molecule has 66 heavy (non-hydrogen) atoms. The summed E-state index contributed by atoms with van der Waals surface area (Å²) in [5.41, 5.74) is 13.7. The third kappa shape index (κ3) is 7.98. The molecule has 1 aromatic heterocycles. The van der Waals surface area contributed by atoms with E-state index in [4.69, 9.17) is 4.42 Å². The topological polar surface area (TPSA) is 65.6 Å². The Kier molecular flexibility index (Phi) is 10.9. The number of anilines is 6. The summed E-state index contributed by atoms with van der Waals surface area (Å²) in [6, 6.07) is 82.4. The van der Waals surface area contributed by atoms with Crippen LogP contribution in [0.3, 0.4) is 0 Å². The minimum atomic E-state index is -0.00974. The quantitative estimate of drug-likeness (QED) is 0.132. The van der Waals surface area contributed by atoms with Crippen molar-refractivity contribution in [3.63, 3.8) is 0 Å². The van der Waals surface area contributed by atoms with Crippen LogP contribution in [-0.4, -0.2) is 15.3 Å². The fraction of sp³-hybridized carbons (Fsp3) is 0.0333. The van der Waals surface area contributed by atoms with Gasteiger partial charge in [0.25, 0.3) is 0 Å². The van der Waals surface area contributed by atoms with Crippen LogP contribution < -0.4 is 9.80 Å². The summed E-state index contributed by atoms with van der Waals surface area (Å²) in [5.74, 6) is 1.01. The van der Waals surface area contributed by atoms with E-state index in [1.54, 1.807) is 0 Å². The molecule has 6 nitrogen and oxygen atoms in total. The lowest BCUT2D eigenvalue weighted by Gasteiger charge is -2.26. The van der Waals surface area contributed by atoms with Crippen LogP contribution in [0.1, 0.15) is 16.7 Å². The molecule has 0 bridgehead atoms. The summed E-state index contributed by atoms with van der Waals surface area (Å²) in [5, 5.41) is 23.4. The summed E-state index contributed by atoms with van der Waals surface area (Å²) in [4.78, 5) is 4.53. The SMILES string of the molecule is OCc1cccc(N(c2ccccc2)c2ccc(-c3ccc(N(c4ccccc4)c4cccc(Cc5cccc6c(-c7nnc(-c8cccc9ccccc89)o7)cccc56)c4)cc3)cc2)c1. The third-order valence-corrected chi connectivity index (χ3v) is 12.2. The lowest BCUT2D eigenvalue weighted by molar-refractivity contribution is 0.282. The van der Waals surface area contributed by atoms with Gasteiger partial charge in [0.2, 0.25) is 11.8 Å². The van der Waals surface area contributed by atoms with Crippen LogP contribution >= 0.6 is 0 Å². The summed E-state index contributed by atoms with van der Waals surface area (Å²) < 4.78 is 6.40. The van der Waals surface area contributed by atoms with Crippen LogP contribution in [0.4, 0.5) is 34.1 Å². The highest BCUT2D eigenvalue weighted by atomic mass is 16.4. The Labute approximate surface area is 383 Å². The Morgan fingerprint density at radius 2 is 0.803 bits per heavy atom. The molecule has 0 aliphatic heterocycles. The molecule has 0 saturated carbocycles. The van der Waals surface area contributed by atoms with Crippen molar-refractivity contribution in [2.24, 2.45) is 0 Å². The van der Waals surface area contributed by atoms with Crippen LogP contribution in [-0.2, 0) is 13.0 Å². The number of fused-ring (bicyclic) bond motifs is 2. The Morgan fingerprint density at radius 3 is 1.42 bits per heavy atom.